The van der Waals surface area contributed by atoms with Crippen molar-refractivity contribution < 1.29 is 4.79 Å². The molecule has 0 fully saturated rings. The molecule has 1 amide bonds. The van der Waals surface area contributed by atoms with Crippen LogP contribution >= 0.6 is 0 Å². The van der Waals surface area contributed by atoms with Gasteiger partial charge in [-0.3, -0.25) is 9.59 Å². The fourth-order valence-electron chi connectivity index (χ4n) is 2.77. The number of pyridine rings is 1. The number of nitrogens with two attached hydrogens (primary N) is 1. The van der Waals surface area contributed by atoms with Gasteiger partial charge >= 0.3 is 0 Å². The van der Waals surface area contributed by atoms with Gasteiger partial charge in [0.1, 0.15) is 6.54 Å². The molecule has 0 radical (unpaired) electrons. The zero-order valence-electron chi connectivity index (χ0n) is 11.6. The van der Waals surface area contributed by atoms with E-state index in [0.29, 0.717) is 11.4 Å². The lowest BCUT2D eigenvalue weighted by atomic mass is 10.2. The molecule has 1 aromatic heterocycles. The summed E-state index contributed by atoms with van der Waals surface area (Å²) < 4.78 is 1.57. The van der Waals surface area contributed by atoms with Crippen LogP contribution in [0.5, 0.6) is 0 Å². The third kappa shape index (κ3) is 2.81. The highest BCUT2D eigenvalue weighted by Gasteiger charge is 2.17. The Bertz CT molecular complexity index is 749. The van der Waals surface area contributed by atoms with Crippen LogP contribution in [-0.2, 0) is 24.2 Å². The van der Waals surface area contributed by atoms with E-state index in [4.69, 9.17) is 5.73 Å². The van der Waals surface area contributed by atoms with Crippen LogP contribution in [0.15, 0.2) is 41.2 Å². The number of nitrogen functional groups attached to an aromatic ring is 1. The quantitative estimate of drug-likeness (QED) is 0.839. The van der Waals surface area contributed by atoms with Gasteiger partial charge in [-0.1, -0.05) is 12.1 Å². The molecule has 0 spiro atoms. The number of anilines is 2. The second kappa shape index (κ2) is 5.44. The molecule has 21 heavy (non-hydrogen) atoms. The van der Waals surface area contributed by atoms with E-state index in [9.17, 15) is 9.59 Å². The largest absolute Gasteiger partial charge is 0.399 e. The van der Waals surface area contributed by atoms with E-state index >= 15 is 0 Å². The number of carbonyl (C=O) groups is 1. The smallest absolute Gasteiger partial charge is 0.251 e. The van der Waals surface area contributed by atoms with E-state index in [1.54, 1.807) is 28.8 Å². The van der Waals surface area contributed by atoms with Gasteiger partial charge < -0.3 is 15.6 Å². The molecule has 0 saturated heterocycles. The molecule has 1 aliphatic rings. The molecule has 1 aromatic carbocycles. The SMILES string of the molecule is Nc1cccc(NC(=O)Cn2c3c(ccc2=O)CCC3)c1. The van der Waals surface area contributed by atoms with Crippen LogP contribution in [0, 0.1) is 0 Å². The minimum atomic E-state index is -0.219. The van der Waals surface area contributed by atoms with Crippen molar-refractivity contribution in [3.05, 3.63) is 58.0 Å². The fourth-order valence-corrected chi connectivity index (χ4v) is 2.77. The van der Waals surface area contributed by atoms with E-state index in [0.717, 1.165) is 25.0 Å². The van der Waals surface area contributed by atoms with Crippen molar-refractivity contribution in [2.75, 3.05) is 11.1 Å². The zero-order valence-corrected chi connectivity index (χ0v) is 11.6. The molecule has 2 aromatic rings. The molecule has 0 bridgehead atoms. The first-order chi connectivity index (χ1) is 10.1. The van der Waals surface area contributed by atoms with Crippen LogP contribution in [0.25, 0.3) is 0 Å². The Morgan fingerprint density at radius 1 is 1.24 bits per heavy atom. The first kappa shape index (κ1) is 13.4. The molecule has 0 unspecified atom stereocenters. The number of hydrogen-bond donors (Lipinski definition) is 2. The molecular formula is C16H17N3O2. The van der Waals surface area contributed by atoms with Crippen molar-refractivity contribution >= 4 is 17.3 Å². The monoisotopic (exact) mass is 283 g/mol. The number of nitrogens with zero attached hydrogens (tertiary/aromatic N) is 1. The van der Waals surface area contributed by atoms with Crippen LogP contribution in [0.3, 0.4) is 0 Å². The summed E-state index contributed by atoms with van der Waals surface area (Å²) in [5.74, 6) is -0.219. The molecule has 0 aliphatic heterocycles. The maximum Gasteiger partial charge on any atom is 0.251 e. The Hall–Kier alpha value is -2.56. The van der Waals surface area contributed by atoms with E-state index in [1.165, 1.54) is 11.6 Å². The number of hydrogen-bond acceptors (Lipinski definition) is 3. The third-order valence-electron chi connectivity index (χ3n) is 3.72. The van der Waals surface area contributed by atoms with Crippen molar-refractivity contribution in [1.82, 2.24) is 4.57 Å². The number of aromatic nitrogens is 1. The predicted octanol–water partition coefficient (Wildman–Crippen LogP) is 1.56. The molecule has 1 heterocycles. The molecule has 3 N–H and O–H groups in total. The highest BCUT2D eigenvalue weighted by molar-refractivity contribution is 5.91. The minimum Gasteiger partial charge on any atom is -0.399 e. The van der Waals surface area contributed by atoms with Crippen molar-refractivity contribution in [1.29, 1.82) is 0 Å². The lowest BCUT2D eigenvalue weighted by Crippen LogP contribution is -2.29. The molecule has 5 nitrogen and oxygen atoms in total. The van der Waals surface area contributed by atoms with E-state index in [-0.39, 0.29) is 18.0 Å². The summed E-state index contributed by atoms with van der Waals surface area (Å²) in [6, 6.07) is 10.4. The number of benzene rings is 1. The highest BCUT2D eigenvalue weighted by atomic mass is 16.2. The number of rotatable bonds is 3. The second-order valence-electron chi connectivity index (χ2n) is 5.26. The Labute approximate surface area is 122 Å². The van der Waals surface area contributed by atoms with E-state index in [1.807, 2.05) is 6.07 Å². The zero-order chi connectivity index (χ0) is 14.8. The van der Waals surface area contributed by atoms with Gasteiger partial charge in [0.25, 0.3) is 5.56 Å². The van der Waals surface area contributed by atoms with E-state index < -0.39 is 0 Å². The van der Waals surface area contributed by atoms with Crippen molar-refractivity contribution in [2.45, 2.75) is 25.8 Å². The van der Waals surface area contributed by atoms with Crippen molar-refractivity contribution in [2.24, 2.45) is 0 Å². The summed E-state index contributed by atoms with van der Waals surface area (Å²) in [4.78, 5) is 24.1. The number of aryl methyl sites for hydroxylation is 1. The predicted molar refractivity (Wildman–Crippen MR) is 82.2 cm³/mol. The average molecular weight is 283 g/mol. The Kier molecular flexibility index (Phi) is 3.48. The van der Waals surface area contributed by atoms with Crippen molar-refractivity contribution in [3.63, 3.8) is 0 Å². The summed E-state index contributed by atoms with van der Waals surface area (Å²) in [6.07, 6.45) is 2.87. The molecule has 1 aliphatic carbocycles. The average Bonchev–Trinajstić information content (AvgIpc) is 2.90. The van der Waals surface area contributed by atoms with Gasteiger partial charge in [0.05, 0.1) is 0 Å². The Morgan fingerprint density at radius 2 is 2.10 bits per heavy atom. The fraction of sp³-hybridized carbons (Fsp3) is 0.250. The van der Waals surface area contributed by atoms with Crippen LogP contribution in [-0.4, -0.2) is 10.5 Å². The Morgan fingerprint density at radius 3 is 2.90 bits per heavy atom. The maximum atomic E-state index is 12.1. The van der Waals surface area contributed by atoms with Gasteiger partial charge in [0.2, 0.25) is 5.91 Å². The van der Waals surface area contributed by atoms with Crippen LogP contribution in [0.1, 0.15) is 17.7 Å². The van der Waals surface area contributed by atoms with Gasteiger partial charge in [0, 0.05) is 23.1 Å². The summed E-state index contributed by atoms with van der Waals surface area (Å²) in [7, 11) is 0. The molecule has 0 atom stereocenters. The molecule has 3 rings (SSSR count). The number of nitrogens with one attached hydrogen (secondary N) is 1. The van der Waals surface area contributed by atoms with E-state index in [2.05, 4.69) is 5.32 Å². The molecular weight excluding hydrogens is 266 g/mol. The summed E-state index contributed by atoms with van der Waals surface area (Å²) in [6.45, 7) is 0.0385. The normalized spacial score (nSPS) is 13.0. The first-order valence-electron chi connectivity index (χ1n) is 7.00. The lowest BCUT2D eigenvalue weighted by molar-refractivity contribution is -0.116. The summed E-state index contributed by atoms with van der Waals surface area (Å²) in [5, 5.41) is 2.77. The number of carbonyl (C=O) groups excluding carboxylic acids is 1. The standard InChI is InChI=1S/C16H17N3O2/c17-12-4-2-5-13(9-12)18-15(20)10-19-14-6-1-3-11(14)7-8-16(19)21/h2,4-5,7-9H,1,3,6,10,17H2,(H,18,20). The van der Waals surface area contributed by atoms with Gasteiger partial charge in [-0.15, -0.1) is 0 Å². The topological polar surface area (TPSA) is 77.1 Å². The molecule has 5 heteroatoms. The van der Waals surface area contributed by atoms with Crippen LogP contribution in [0.4, 0.5) is 11.4 Å². The highest BCUT2D eigenvalue weighted by Crippen LogP contribution is 2.20. The Balaban J connectivity index is 1.80. The number of fused-ring (bicyclic) bond motifs is 1. The number of amides is 1. The molecule has 0 saturated carbocycles. The summed E-state index contributed by atoms with van der Waals surface area (Å²) in [5.41, 5.74) is 8.94. The summed E-state index contributed by atoms with van der Waals surface area (Å²) >= 11 is 0. The van der Waals surface area contributed by atoms with Gasteiger partial charge in [0.15, 0.2) is 0 Å². The minimum absolute atomic E-state index is 0.0385. The molecule has 108 valence electrons. The van der Waals surface area contributed by atoms with Gasteiger partial charge in [-0.2, -0.15) is 0 Å². The third-order valence-corrected chi connectivity index (χ3v) is 3.72. The van der Waals surface area contributed by atoms with Crippen LogP contribution in [0.2, 0.25) is 0 Å². The second-order valence-corrected chi connectivity index (χ2v) is 5.26. The van der Waals surface area contributed by atoms with Crippen molar-refractivity contribution in [3.8, 4) is 0 Å². The maximum absolute atomic E-state index is 12.1. The lowest BCUT2D eigenvalue weighted by Gasteiger charge is -2.12. The van der Waals surface area contributed by atoms with Crippen LogP contribution < -0.4 is 16.6 Å². The van der Waals surface area contributed by atoms with Gasteiger partial charge in [-0.05, 0) is 43.0 Å². The van der Waals surface area contributed by atoms with Gasteiger partial charge in [-0.25, -0.2) is 0 Å². The first-order valence-corrected chi connectivity index (χ1v) is 7.00.